The molecule has 1 aliphatic rings. The van der Waals surface area contributed by atoms with Gasteiger partial charge in [-0.05, 0) is 45.0 Å². The third-order valence-corrected chi connectivity index (χ3v) is 4.69. The van der Waals surface area contributed by atoms with Crippen LogP contribution in [0.2, 0.25) is 0 Å². The second-order valence-corrected chi connectivity index (χ2v) is 7.22. The van der Waals surface area contributed by atoms with Gasteiger partial charge >= 0.3 is 6.18 Å². The highest BCUT2D eigenvalue weighted by molar-refractivity contribution is 5.84. The number of nitrogens with zero attached hydrogens (tertiary/aromatic N) is 3. The van der Waals surface area contributed by atoms with Gasteiger partial charge in [0.25, 0.3) is 0 Å². The number of rotatable bonds is 6. The first-order valence-electron chi connectivity index (χ1n) is 8.97. The molecule has 0 bridgehead atoms. The van der Waals surface area contributed by atoms with Gasteiger partial charge in [-0.15, -0.1) is 0 Å². The Bertz CT molecular complexity index is 689. The van der Waals surface area contributed by atoms with Crippen LogP contribution in [-0.4, -0.2) is 50.1 Å². The Kier molecular flexibility index (Phi) is 6.71. The number of piperazine rings is 1. The zero-order valence-corrected chi connectivity index (χ0v) is 15.6. The zero-order valence-electron chi connectivity index (χ0n) is 15.6. The van der Waals surface area contributed by atoms with E-state index in [-0.39, 0.29) is 5.91 Å². The smallest absolute Gasteiger partial charge is 0.369 e. The molecule has 0 unspecified atom stereocenters. The Morgan fingerprint density at radius 3 is 2.48 bits per heavy atom. The molecule has 0 spiro atoms. The number of hydrogen-bond acceptors (Lipinski definition) is 4. The van der Waals surface area contributed by atoms with Gasteiger partial charge in [0.1, 0.15) is 5.41 Å². The molecule has 0 aromatic heterocycles. The van der Waals surface area contributed by atoms with Crippen molar-refractivity contribution in [2.24, 2.45) is 5.41 Å². The fraction of sp³-hybridized carbons (Fsp3) is 0.579. The number of nitriles is 1. The Morgan fingerprint density at radius 1 is 1.22 bits per heavy atom. The molecule has 0 aliphatic carbocycles. The summed E-state index contributed by atoms with van der Waals surface area (Å²) in [7, 11) is 0. The van der Waals surface area contributed by atoms with E-state index in [0.29, 0.717) is 25.3 Å². The molecule has 5 nitrogen and oxygen atoms in total. The summed E-state index contributed by atoms with van der Waals surface area (Å²) < 4.78 is 38.5. The van der Waals surface area contributed by atoms with E-state index < -0.39 is 17.2 Å². The first-order valence-corrected chi connectivity index (χ1v) is 8.97. The Balaban J connectivity index is 1.75. The molecule has 0 radical (unpaired) electrons. The van der Waals surface area contributed by atoms with Crippen molar-refractivity contribution in [3.63, 3.8) is 0 Å². The average Bonchev–Trinajstić information content (AvgIpc) is 2.65. The van der Waals surface area contributed by atoms with Crippen molar-refractivity contribution >= 4 is 11.6 Å². The zero-order chi connectivity index (χ0) is 20.1. The SMILES string of the molecule is CC(C)(C#N)C(=O)NCCCN1CCN(c2cccc(C(F)(F)F)c2)CC1. The van der Waals surface area contributed by atoms with Crippen molar-refractivity contribution in [2.75, 3.05) is 44.2 Å². The van der Waals surface area contributed by atoms with E-state index in [0.717, 1.165) is 32.1 Å². The normalized spacial score (nSPS) is 16.1. The monoisotopic (exact) mass is 382 g/mol. The molecule has 1 saturated heterocycles. The molecular formula is C19H25F3N4O. The van der Waals surface area contributed by atoms with Crippen molar-refractivity contribution < 1.29 is 18.0 Å². The van der Waals surface area contributed by atoms with Gasteiger partial charge in [-0.25, -0.2) is 0 Å². The van der Waals surface area contributed by atoms with E-state index in [1.54, 1.807) is 19.9 Å². The lowest BCUT2D eigenvalue weighted by Gasteiger charge is -2.36. The van der Waals surface area contributed by atoms with E-state index in [1.165, 1.54) is 12.1 Å². The highest BCUT2D eigenvalue weighted by Crippen LogP contribution is 2.31. The number of halogens is 3. The van der Waals surface area contributed by atoms with E-state index in [4.69, 9.17) is 5.26 Å². The van der Waals surface area contributed by atoms with Crippen LogP contribution in [-0.2, 0) is 11.0 Å². The minimum absolute atomic E-state index is 0.278. The maximum Gasteiger partial charge on any atom is 0.416 e. The first kappa shape index (κ1) is 21.0. The van der Waals surface area contributed by atoms with Gasteiger partial charge in [0.2, 0.25) is 5.91 Å². The first-order chi connectivity index (χ1) is 12.6. The molecule has 2 rings (SSSR count). The molecule has 1 N–H and O–H groups in total. The molecule has 0 saturated carbocycles. The highest BCUT2D eigenvalue weighted by Gasteiger charge is 2.31. The van der Waals surface area contributed by atoms with Gasteiger partial charge in [-0.3, -0.25) is 9.69 Å². The van der Waals surface area contributed by atoms with Crippen LogP contribution in [0, 0.1) is 16.7 Å². The number of benzene rings is 1. The van der Waals surface area contributed by atoms with Crippen LogP contribution in [0.15, 0.2) is 24.3 Å². The molecule has 148 valence electrons. The van der Waals surface area contributed by atoms with Crippen molar-refractivity contribution in [3.05, 3.63) is 29.8 Å². The summed E-state index contributed by atoms with van der Waals surface area (Å²) in [5.41, 5.74) is -1.06. The lowest BCUT2D eigenvalue weighted by atomic mass is 9.95. The summed E-state index contributed by atoms with van der Waals surface area (Å²) in [6, 6.07) is 7.39. The van der Waals surface area contributed by atoms with Crippen LogP contribution in [0.1, 0.15) is 25.8 Å². The molecule has 1 heterocycles. The molecule has 0 atom stereocenters. The number of carbonyl (C=O) groups excluding carboxylic acids is 1. The van der Waals surface area contributed by atoms with Crippen molar-refractivity contribution in [3.8, 4) is 6.07 Å². The average molecular weight is 382 g/mol. The molecule has 1 aliphatic heterocycles. The minimum atomic E-state index is -4.33. The van der Waals surface area contributed by atoms with Crippen LogP contribution >= 0.6 is 0 Å². The summed E-state index contributed by atoms with van der Waals surface area (Å²) >= 11 is 0. The van der Waals surface area contributed by atoms with Crippen LogP contribution in [0.4, 0.5) is 18.9 Å². The predicted octanol–water partition coefficient (Wildman–Crippen LogP) is 2.88. The standard InChI is InChI=1S/C19H25F3N4O/c1-18(2,14-23)17(27)24-7-4-8-25-9-11-26(12-10-25)16-6-3-5-15(13-16)19(20,21)22/h3,5-6,13H,4,7-12H2,1-2H3,(H,24,27). The lowest BCUT2D eigenvalue weighted by molar-refractivity contribution is -0.137. The summed E-state index contributed by atoms with van der Waals surface area (Å²) in [6.07, 6.45) is -3.57. The number of alkyl halides is 3. The van der Waals surface area contributed by atoms with Crippen molar-refractivity contribution in [2.45, 2.75) is 26.4 Å². The maximum atomic E-state index is 12.8. The quantitative estimate of drug-likeness (QED) is 0.769. The van der Waals surface area contributed by atoms with E-state index in [9.17, 15) is 18.0 Å². The predicted molar refractivity (Wildman–Crippen MR) is 97.1 cm³/mol. The van der Waals surface area contributed by atoms with E-state index in [2.05, 4.69) is 10.2 Å². The van der Waals surface area contributed by atoms with Gasteiger partial charge in [0.05, 0.1) is 11.6 Å². The van der Waals surface area contributed by atoms with Crippen LogP contribution in [0.25, 0.3) is 0 Å². The molecule has 27 heavy (non-hydrogen) atoms. The summed E-state index contributed by atoms with van der Waals surface area (Å²) in [5.74, 6) is -0.278. The van der Waals surface area contributed by atoms with E-state index >= 15 is 0 Å². The van der Waals surface area contributed by atoms with Gasteiger partial charge in [0, 0.05) is 38.4 Å². The molecular weight excluding hydrogens is 357 g/mol. The number of nitrogens with one attached hydrogen (secondary N) is 1. The molecule has 1 aromatic carbocycles. The van der Waals surface area contributed by atoms with Crippen LogP contribution < -0.4 is 10.2 Å². The number of amides is 1. The number of carbonyl (C=O) groups is 1. The van der Waals surface area contributed by atoms with Crippen LogP contribution in [0.5, 0.6) is 0 Å². The van der Waals surface area contributed by atoms with Gasteiger partial charge < -0.3 is 10.2 Å². The molecule has 1 fully saturated rings. The Labute approximate surface area is 157 Å². The molecule has 8 heteroatoms. The summed E-state index contributed by atoms with van der Waals surface area (Å²) in [5, 5.41) is 11.7. The van der Waals surface area contributed by atoms with Gasteiger partial charge in [0.15, 0.2) is 0 Å². The van der Waals surface area contributed by atoms with E-state index in [1.807, 2.05) is 11.0 Å². The van der Waals surface area contributed by atoms with Crippen LogP contribution in [0.3, 0.4) is 0 Å². The lowest BCUT2D eigenvalue weighted by Crippen LogP contribution is -2.47. The van der Waals surface area contributed by atoms with Gasteiger partial charge in [-0.2, -0.15) is 18.4 Å². The summed E-state index contributed by atoms with van der Waals surface area (Å²) in [6.45, 7) is 7.29. The largest absolute Gasteiger partial charge is 0.416 e. The third-order valence-electron chi connectivity index (χ3n) is 4.69. The molecule has 1 aromatic rings. The highest BCUT2D eigenvalue weighted by atomic mass is 19.4. The fourth-order valence-corrected chi connectivity index (χ4v) is 2.88. The topological polar surface area (TPSA) is 59.4 Å². The van der Waals surface area contributed by atoms with Crippen molar-refractivity contribution in [1.29, 1.82) is 5.26 Å². The molecule has 1 amide bonds. The number of hydrogen-bond donors (Lipinski definition) is 1. The Hall–Kier alpha value is -2.27. The van der Waals surface area contributed by atoms with Crippen molar-refractivity contribution in [1.82, 2.24) is 10.2 Å². The second kappa shape index (κ2) is 8.61. The number of anilines is 1. The van der Waals surface area contributed by atoms with Gasteiger partial charge in [-0.1, -0.05) is 6.07 Å². The Morgan fingerprint density at radius 2 is 1.89 bits per heavy atom. The maximum absolute atomic E-state index is 12.8. The summed E-state index contributed by atoms with van der Waals surface area (Å²) in [4.78, 5) is 16.0. The third kappa shape index (κ3) is 5.86. The second-order valence-electron chi connectivity index (χ2n) is 7.22. The minimum Gasteiger partial charge on any atom is -0.369 e. The fourth-order valence-electron chi connectivity index (χ4n) is 2.88.